The van der Waals surface area contributed by atoms with Gasteiger partial charge in [-0.3, -0.25) is 0 Å². The highest BCUT2D eigenvalue weighted by Gasteiger charge is 2.08. The highest BCUT2D eigenvalue weighted by Crippen LogP contribution is 2.17. The van der Waals surface area contributed by atoms with Crippen molar-refractivity contribution in [2.45, 2.75) is 11.3 Å². The van der Waals surface area contributed by atoms with Gasteiger partial charge in [-0.05, 0) is 0 Å². The fourth-order valence-electron chi connectivity index (χ4n) is 1.11. The van der Waals surface area contributed by atoms with E-state index in [0.29, 0.717) is 35.8 Å². The Balaban J connectivity index is 2.26. The maximum absolute atomic E-state index is 9.64. The van der Waals surface area contributed by atoms with Crippen LogP contribution in [0.4, 0.5) is 11.6 Å². The summed E-state index contributed by atoms with van der Waals surface area (Å²) in [5.74, 6) is 1.04. The van der Waals surface area contributed by atoms with Gasteiger partial charge in [0.2, 0.25) is 0 Å². The Kier molecular flexibility index (Phi) is 6.73. The Morgan fingerprint density at radius 1 is 1.33 bits per heavy atom. The van der Waals surface area contributed by atoms with Crippen LogP contribution < -0.4 is 11.5 Å². The van der Waals surface area contributed by atoms with Crippen LogP contribution in [0.3, 0.4) is 0 Å². The number of aromatic nitrogens is 2. The molecule has 1 heterocycles. The van der Waals surface area contributed by atoms with Gasteiger partial charge in [-0.2, -0.15) is 0 Å². The number of hydrogen-bond donors (Lipinski definition) is 3. The number of anilines is 2. The van der Waals surface area contributed by atoms with Crippen molar-refractivity contribution >= 4 is 23.4 Å². The second-order valence-corrected chi connectivity index (χ2v) is 4.52. The number of thioether (sulfide) groups is 1. The third-order valence-electron chi connectivity index (χ3n) is 1.89. The number of aliphatic hydroxyl groups excluding tert-OH is 1. The number of nitrogens with two attached hydrogens (primary N) is 2. The van der Waals surface area contributed by atoms with Gasteiger partial charge in [0.1, 0.15) is 11.6 Å². The molecule has 0 aliphatic carbocycles. The van der Waals surface area contributed by atoms with E-state index < -0.39 is 6.10 Å². The van der Waals surface area contributed by atoms with Crippen LogP contribution in [-0.2, 0) is 9.47 Å². The number of hydrogen-bond acceptors (Lipinski definition) is 8. The molecule has 7 nitrogen and oxygen atoms in total. The van der Waals surface area contributed by atoms with Crippen LogP contribution in [0.2, 0.25) is 0 Å². The number of nitrogens with zero attached hydrogens (tertiary/aromatic N) is 2. The van der Waals surface area contributed by atoms with Gasteiger partial charge >= 0.3 is 0 Å². The van der Waals surface area contributed by atoms with E-state index in [1.807, 2.05) is 0 Å². The molecule has 0 amide bonds. The minimum Gasteiger partial charge on any atom is -0.390 e. The van der Waals surface area contributed by atoms with E-state index in [0.717, 1.165) is 0 Å². The minimum atomic E-state index is -0.599. The first-order chi connectivity index (χ1) is 8.61. The fourth-order valence-corrected chi connectivity index (χ4v) is 1.88. The first-order valence-corrected chi connectivity index (χ1v) is 6.38. The van der Waals surface area contributed by atoms with Gasteiger partial charge in [-0.15, -0.1) is 0 Å². The summed E-state index contributed by atoms with van der Waals surface area (Å²) in [5, 5.41) is 10.1. The summed E-state index contributed by atoms with van der Waals surface area (Å²) in [4.78, 5) is 7.99. The highest BCUT2D eigenvalue weighted by molar-refractivity contribution is 7.99. The number of rotatable bonds is 8. The van der Waals surface area contributed by atoms with Crippen molar-refractivity contribution < 1.29 is 14.6 Å². The molecule has 1 unspecified atom stereocenters. The average Bonchev–Trinajstić information content (AvgIpc) is 2.31. The summed E-state index contributed by atoms with van der Waals surface area (Å²) in [7, 11) is 1.59. The summed E-state index contributed by atoms with van der Waals surface area (Å²) in [5.41, 5.74) is 11.1. The molecule has 1 atom stereocenters. The van der Waals surface area contributed by atoms with Crippen molar-refractivity contribution in [2.75, 3.05) is 44.2 Å². The van der Waals surface area contributed by atoms with E-state index >= 15 is 0 Å². The van der Waals surface area contributed by atoms with E-state index in [-0.39, 0.29) is 6.61 Å². The Bertz CT molecular complexity index is 347. The maximum Gasteiger partial charge on any atom is 0.191 e. The lowest BCUT2D eigenvalue weighted by Crippen LogP contribution is -2.19. The zero-order valence-electron chi connectivity index (χ0n) is 10.2. The molecular weight excluding hydrogens is 256 g/mol. The van der Waals surface area contributed by atoms with E-state index in [4.69, 9.17) is 20.9 Å². The summed E-state index contributed by atoms with van der Waals surface area (Å²) in [6, 6.07) is 1.48. The van der Waals surface area contributed by atoms with E-state index in [1.54, 1.807) is 7.11 Å². The largest absolute Gasteiger partial charge is 0.390 e. The Morgan fingerprint density at radius 3 is 2.61 bits per heavy atom. The van der Waals surface area contributed by atoms with Crippen molar-refractivity contribution in [1.82, 2.24) is 9.97 Å². The second kappa shape index (κ2) is 8.09. The number of nitrogen functional groups attached to an aromatic ring is 2. The molecule has 8 heteroatoms. The van der Waals surface area contributed by atoms with Crippen molar-refractivity contribution in [1.29, 1.82) is 0 Å². The van der Waals surface area contributed by atoms with Crippen molar-refractivity contribution in [3.8, 4) is 0 Å². The van der Waals surface area contributed by atoms with E-state index in [2.05, 4.69) is 9.97 Å². The molecule has 18 heavy (non-hydrogen) atoms. The Labute approximate surface area is 110 Å². The molecule has 102 valence electrons. The average molecular weight is 274 g/mol. The van der Waals surface area contributed by atoms with Gasteiger partial charge < -0.3 is 26.0 Å². The van der Waals surface area contributed by atoms with Crippen LogP contribution in [-0.4, -0.2) is 53.9 Å². The molecule has 0 saturated heterocycles. The zero-order chi connectivity index (χ0) is 13.4. The molecule has 0 radical (unpaired) electrons. The SMILES string of the molecule is COCCOCC(O)CSc1nc(N)cc(N)n1. The highest BCUT2D eigenvalue weighted by atomic mass is 32.2. The van der Waals surface area contributed by atoms with Gasteiger partial charge in [0.15, 0.2) is 5.16 Å². The van der Waals surface area contributed by atoms with Crippen LogP contribution in [0.25, 0.3) is 0 Å². The van der Waals surface area contributed by atoms with Crippen LogP contribution in [0.1, 0.15) is 0 Å². The molecule has 0 bridgehead atoms. The van der Waals surface area contributed by atoms with Crippen LogP contribution in [0.15, 0.2) is 11.2 Å². The third-order valence-corrected chi connectivity index (χ3v) is 2.88. The molecule has 0 aliphatic heterocycles. The summed E-state index contributed by atoms with van der Waals surface area (Å²) in [6.07, 6.45) is -0.599. The van der Waals surface area contributed by atoms with E-state index in [1.165, 1.54) is 17.8 Å². The number of aliphatic hydroxyl groups is 1. The predicted molar refractivity (Wildman–Crippen MR) is 70.3 cm³/mol. The predicted octanol–water partition coefficient (Wildman–Crippen LogP) is -0.243. The lowest BCUT2D eigenvalue weighted by Gasteiger charge is -2.10. The molecule has 0 spiro atoms. The quantitative estimate of drug-likeness (QED) is 0.338. The lowest BCUT2D eigenvalue weighted by atomic mass is 10.4. The number of methoxy groups -OCH3 is 1. The summed E-state index contributed by atoms with van der Waals surface area (Å²) < 4.78 is 10.0. The van der Waals surface area contributed by atoms with Gasteiger partial charge in [0, 0.05) is 18.9 Å². The molecule has 0 aliphatic rings. The molecule has 1 aromatic rings. The molecule has 0 fully saturated rings. The summed E-state index contributed by atoms with van der Waals surface area (Å²) >= 11 is 1.28. The first-order valence-electron chi connectivity index (χ1n) is 5.39. The van der Waals surface area contributed by atoms with Crippen molar-refractivity contribution in [2.24, 2.45) is 0 Å². The van der Waals surface area contributed by atoms with Gasteiger partial charge in [0.25, 0.3) is 0 Å². The Hall–Kier alpha value is -1.09. The van der Waals surface area contributed by atoms with Crippen LogP contribution >= 0.6 is 11.8 Å². The Morgan fingerprint density at radius 2 is 2.00 bits per heavy atom. The van der Waals surface area contributed by atoms with Gasteiger partial charge in [-0.1, -0.05) is 11.8 Å². The second-order valence-electron chi connectivity index (χ2n) is 3.53. The molecular formula is C10H18N4O3S. The fraction of sp³-hybridized carbons (Fsp3) is 0.600. The van der Waals surface area contributed by atoms with Crippen molar-refractivity contribution in [3.63, 3.8) is 0 Å². The molecule has 1 rings (SSSR count). The molecule has 0 saturated carbocycles. The van der Waals surface area contributed by atoms with Crippen molar-refractivity contribution in [3.05, 3.63) is 6.07 Å². The molecule has 5 N–H and O–H groups in total. The number of ether oxygens (including phenoxy) is 2. The zero-order valence-corrected chi connectivity index (χ0v) is 11.0. The topological polar surface area (TPSA) is 117 Å². The van der Waals surface area contributed by atoms with Gasteiger partial charge in [-0.25, -0.2) is 9.97 Å². The third kappa shape index (κ3) is 6.01. The van der Waals surface area contributed by atoms with Crippen LogP contribution in [0.5, 0.6) is 0 Å². The normalized spacial score (nSPS) is 12.6. The maximum atomic E-state index is 9.64. The smallest absolute Gasteiger partial charge is 0.191 e. The molecule has 1 aromatic heterocycles. The first kappa shape index (κ1) is 15.0. The monoisotopic (exact) mass is 274 g/mol. The molecule has 0 aromatic carbocycles. The standard InChI is InChI=1S/C10H18N4O3S/c1-16-2-3-17-5-7(15)6-18-10-13-8(11)4-9(12)14-10/h4,7,15H,2-3,5-6H2,1H3,(H4,11,12,13,14). The lowest BCUT2D eigenvalue weighted by molar-refractivity contribution is 0.0218. The van der Waals surface area contributed by atoms with Crippen LogP contribution in [0, 0.1) is 0 Å². The van der Waals surface area contributed by atoms with Gasteiger partial charge in [0.05, 0.1) is 25.9 Å². The summed E-state index contributed by atoms with van der Waals surface area (Å²) in [6.45, 7) is 1.21. The minimum absolute atomic E-state index is 0.244. The van der Waals surface area contributed by atoms with E-state index in [9.17, 15) is 5.11 Å².